The van der Waals surface area contributed by atoms with E-state index in [-0.39, 0.29) is 5.56 Å². The monoisotopic (exact) mass is 315 g/mol. The van der Waals surface area contributed by atoms with Gasteiger partial charge >= 0.3 is 0 Å². The summed E-state index contributed by atoms with van der Waals surface area (Å²) >= 11 is 1.90. The van der Waals surface area contributed by atoms with E-state index >= 15 is 0 Å². The number of anilines is 1. The molecule has 1 unspecified atom stereocenters. The lowest BCUT2D eigenvalue weighted by Crippen LogP contribution is -2.31. The molecular weight excluding hydrogens is 294 g/mol. The van der Waals surface area contributed by atoms with Crippen LogP contribution in [0.1, 0.15) is 13.3 Å². The zero-order valence-electron chi connectivity index (χ0n) is 12.8. The third kappa shape index (κ3) is 3.35. The highest BCUT2D eigenvalue weighted by molar-refractivity contribution is 7.99. The van der Waals surface area contributed by atoms with Crippen LogP contribution in [0.5, 0.6) is 0 Å². The summed E-state index contributed by atoms with van der Waals surface area (Å²) in [6, 6.07) is 10.5. The number of hydrogen-bond donors (Lipinski definition) is 0. The van der Waals surface area contributed by atoms with E-state index in [2.05, 4.69) is 34.1 Å². The Morgan fingerprint density at radius 1 is 1.32 bits per heavy atom. The van der Waals surface area contributed by atoms with E-state index in [0.717, 1.165) is 25.3 Å². The van der Waals surface area contributed by atoms with Crippen LogP contribution in [0.4, 0.5) is 5.82 Å². The molecule has 0 spiro atoms. The minimum atomic E-state index is 0.0290. The highest BCUT2D eigenvalue weighted by atomic mass is 32.2. The molecule has 0 aliphatic carbocycles. The smallest absolute Gasteiger partial charge is 0.293 e. The molecule has 2 heterocycles. The predicted molar refractivity (Wildman–Crippen MR) is 91.7 cm³/mol. The molecule has 1 aliphatic rings. The number of aromatic nitrogens is 2. The summed E-state index contributed by atoms with van der Waals surface area (Å²) in [5.74, 6) is 2.31. The molecular formula is C17H21N3OS. The van der Waals surface area contributed by atoms with Crippen molar-refractivity contribution in [2.45, 2.75) is 24.8 Å². The highest BCUT2D eigenvalue weighted by Gasteiger charge is 2.25. The molecule has 2 aromatic rings. The van der Waals surface area contributed by atoms with Crippen LogP contribution in [-0.4, -0.2) is 28.4 Å². The van der Waals surface area contributed by atoms with E-state index < -0.39 is 0 Å². The van der Waals surface area contributed by atoms with Crippen LogP contribution in [0.2, 0.25) is 0 Å². The second kappa shape index (κ2) is 7.01. The maximum atomic E-state index is 12.3. The third-order valence-corrected chi connectivity index (χ3v) is 5.29. The summed E-state index contributed by atoms with van der Waals surface area (Å²) in [6.07, 6.45) is 4.61. The van der Waals surface area contributed by atoms with Gasteiger partial charge in [-0.05, 0) is 31.4 Å². The zero-order valence-corrected chi connectivity index (χ0v) is 13.6. The summed E-state index contributed by atoms with van der Waals surface area (Å²) in [4.78, 5) is 20.1. The van der Waals surface area contributed by atoms with Gasteiger partial charge in [0.2, 0.25) is 0 Å². The number of thioether (sulfide) groups is 1. The molecule has 0 radical (unpaired) electrons. The maximum Gasteiger partial charge on any atom is 0.293 e. The second-order valence-corrected chi connectivity index (χ2v) is 6.66. The van der Waals surface area contributed by atoms with Crippen molar-refractivity contribution in [2.24, 2.45) is 5.92 Å². The number of rotatable bonds is 5. The van der Waals surface area contributed by atoms with E-state index in [4.69, 9.17) is 0 Å². The predicted octanol–water partition coefficient (Wildman–Crippen LogP) is 2.88. The lowest BCUT2D eigenvalue weighted by atomic mass is 10.2. The van der Waals surface area contributed by atoms with Crippen LogP contribution in [0.15, 0.2) is 52.4 Å². The molecule has 4 nitrogen and oxygen atoms in total. The van der Waals surface area contributed by atoms with Gasteiger partial charge in [-0.3, -0.25) is 4.79 Å². The molecule has 5 heteroatoms. The topological polar surface area (TPSA) is 38.1 Å². The van der Waals surface area contributed by atoms with Gasteiger partial charge in [-0.25, -0.2) is 4.98 Å². The van der Waals surface area contributed by atoms with Gasteiger partial charge in [0.15, 0.2) is 5.82 Å². The van der Waals surface area contributed by atoms with Crippen molar-refractivity contribution in [3.05, 3.63) is 53.1 Å². The van der Waals surface area contributed by atoms with E-state index in [1.807, 2.05) is 24.8 Å². The van der Waals surface area contributed by atoms with Crippen molar-refractivity contribution < 1.29 is 0 Å². The molecule has 0 N–H and O–H groups in total. The first-order valence-electron chi connectivity index (χ1n) is 7.76. The van der Waals surface area contributed by atoms with Gasteiger partial charge < -0.3 is 9.47 Å². The van der Waals surface area contributed by atoms with Crippen LogP contribution < -0.4 is 10.5 Å². The zero-order chi connectivity index (χ0) is 15.4. The number of benzene rings is 1. The van der Waals surface area contributed by atoms with Gasteiger partial charge in [0.05, 0.1) is 0 Å². The Kier molecular flexibility index (Phi) is 4.83. The first kappa shape index (κ1) is 15.2. The molecule has 0 amide bonds. The first-order chi connectivity index (χ1) is 10.8. The minimum Gasteiger partial charge on any atom is -0.352 e. The number of hydrogen-bond acceptors (Lipinski definition) is 4. The quantitative estimate of drug-likeness (QED) is 0.795. The average Bonchev–Trinajstić information content (AvgIpc) is 3.03. The Hall–Kier alpha value is -1.75. The van der Waals surface area contributed by atoms with Crippen molar-refractivity contribution in [1.82, 2.24) is 9.55 Å². The van der Waals surface area contributed by atoms with Gasteiger partial charge in [0.1, 0.15) is 0 Å². The van der Waals surface area contributed by atoms with Gasteiger partial charge in [0, 0.05) is 42.7 Å². The molecule has 3 rings (SSSR count). The molecule has 0 saturated carbocycles. The first-order valence-corrected chi connectivity index (χ1v) is 8.74. The van der Waals surface area contributed by atoms with Gasteiger partial charge in [-0.1, -0.05) is 18.2 Å². The fourth-order valence-corrected chi connectivity index (χ4v) is 3.84. The minimum absolute atomic E-state index is 0.0290. The van der Waals surface area contributed by atoms with Crippen LogP contribution in [0, 0.1) is 5.92 Å². The molecule has 116 valence electrons. The standard InChI is InChI=1S/C17H21N3OS/c1-2-19-11-9-18-16(17(19)21)20-10-8-14(12-20)13-22-15-6-4-3-5-7-15/h3-7,9,11,14H,2,8,10,12-13H2,1H3. The summed E-state index contributed by atoms with van der Waals surface area (Å²) in [6.45, 7) is 4.52. The van der Waals surface area contributed by atoms with E-state index in [9.17, 15) is 4.79 Å². The Morgan fingerprint density at radius 2 is 2.14 bits per heavy atom. The Bertz CT molecular complexity index is 671. The summed E-state index contributed by atoms with van der Waals surface area (Å²) in [5, 5.41) is 0. The molecule has 1 aliphatic heterocycles. The van der Waals surface area contributed by atoms with Crippen LogP contribution >= 0.6 is 11.8 Å². The van der Waals surface area contributed by atoms with Gasteiger partial charge in [-0.15, -0.1) is 11.8 Å². The molecule has 1 fully saturated rings. The normalized spacial score (nSPS) is 17.9. The van der Waals surface area contributed by atoms with Crippen molar-refractivity contribution in [2.75, 3.05) is 23.7 Å². The van der Waals surface area contributed by atoms with E-state index in [1.165, 1.54) is 4.90 Å². The third-order valence-electron chi connectivity index (χ3n) is 4.05. The molecule has 1 atom stereocenters. The molecule has 1 saturated heterocycles. The van der Waals surface area contributed by atoms with Crippen molar-refractivity contribution in [3.8, 4) is 0 Å². The molecule has 1 aromatic carbocycles. The maximum absolute atomic E-state index is 12.3. The fourth-order valence-electron chi connectivity index (χ4n) is 2.79. The Balaban J connectivity index is 1.62. The fraction of sp³-hybridized carbons (Fsp3) is 0.412. The van der Waals surface area contributed by atoms with Crippen molar-refractivity contribution >= 4 is 17.6 Å². The van der Waals surface area contributed by atoms with Crippen molar-refractivity contribution in [1.29, 1.82) is 0 Å². The van der Waals surface area contributed by atoms with Gasteiger partial charge in [-0.2, -0.15) is 0 Å². The second-order valence-electron chi connectivity index (χ2n) is 5.57. The lowest BCUT2D eigenvalue weighted by Gasteiger charge is -2.17. The average molecular weight is 315 g/mol. The Morgan fingerprint density at radius 3 is 2.91 bits per heavy atom. The van der Waals surface area contributed by atoms with Gasteiger partial charge in [0.25, 0.3) is 5.56 Å². The summed E-state index contributed by atoms with van der Waals surface area (Å²) in [5.41, 5.74) is 0.0290. The Labute approximate surface area is 135 Å². The van der Waals surface area contributed by atoms with E-state index in [1.54, 1.807) is 17.0 Å². The number of nitrogens with zero attached hydrogens (tertiary/aromatic N) is 3. The SMILES string of the molecule is CCn1ccnc(N2CCC(CSc3ccccc3)C2)c1=O. The van der Waals surface area contributed by atoms with Crippen LogP contribution in [0.3, 0.4) is 0 Å². The van der Waals surface area contributed by atoms with Crippen molar-refractivity contribution in [3.63, 3.8) is 0 Å². The largest absolute Gasteiger partial charge is 0.352 e. The molecule has 22 heavy (non-hydrogen) atoms. The van der Waals surface area contributed by atoms with Crippen LogP contribution in [0.25, 0.3) is 0 Å². The van der Waals surface area contributed by atoms with Crippen LogP contribution in [-0.2, 0) is 6.54 Å². The number of aryl methyl sites for hydroxylation is 1. The lowest BCUT2D eigenvalue weighted by molar-refractivity contribution is 0.667. The summed E-state index contributed by atoms with van der Waals surface area (Å²) < 4.78 is 1.72. The molecule has 0 bridgehead atoms. The van der Waals surface area contributed by atoms with E-state index in [0.29, 0.717) is 18.3 Å². The molecule has 1 aromatic heterocycles. The summed E-state index contributed by atoms with van der Waals surface area (Å²) in [7, 11) is 0. The highest BCUT2D eigenvalue weighted by Crippen LogP contribution is 2.26.